The van der Waals surface area contributed by atoms with Crippen molar-refractivity contribution in [2.75, 3.05) is 31.1 Å². The highest BCUT2D eigenvalue weighted by Gasteiger charge is 2.37. The van der Waals surface area contributed by atoms with Crippen molar-refractivity contribution in [3.63, 3.8) is 0 Å². The molecule has 2 amide bonds. The number of Topliss-reactive ketones (excluding diaryl/α,β-unsaturated/α-hetero) is 1. The fraction of sp³-hybridized carbons (Fsp3) is 0.769. The molecule has 5 nitrogen and oxygen atoms in total. The molecule has 0 unspecified atom stereocenters. The number of carbonyl (C=O) groups excluding carboxylic acids is 3. The molecule has 0 aromatic rings. The SMILES string of the molecule is CC(=O)CSCC(=O)NCCN1CCC(C)(C)C1=O. The Morgan fingerprint density at radius 3 is 2.58 bits per heavy atom. The van der Waals surface area contributed by atoms with E-state index in [0.717, 1.165) is 13.0 Å². The molecule has 0 atom stereocenters. The van der Waals surface area contributed by atoms with E-state index >= 15 is 0 Å². The largest absolute Gasteiger partial charge is 0.354 e. The molecule has 1 aliphatic heterocycles. The molecule has 0 bridgehead atoms. The molecule has 0 aromatic carbocycles. The van der Waals surface area contributed by atoms with Crippen molar-refractivity contribution in [2.24, 2.45) is 5.41 Å². The Labute approximate surface area is 118 Å². The molecule has 1 aliphatic rings. The summed E-state index contributed by atoms with van der Waals surface area (Å²) in [5, 5.41) is 2.77. The van der Waals surface area contributed by atoms with Crippen molar-refractivity contribution in [2.45, 2.75) is 27.2 Å². The standard InChI is InChI=1S/C13H22N2O3S/c1-10(16)8-19-9-11(17)14-5-7-15-6-4-13(2,3)12(15)18/h4-9H2,1-3H3,(H,14,17). The molecular formula is C13H22N2O3S. The van der Waals surface area contributed by atoms with Crippen LogP contribution in [0.25, 0.3) is 0 Å². The molecule has 1 rings (SSSR count). The molecule has 19 heavy (non-hydrogen) atoms. The molecular weight excluding hydrogens is 264 g/mol. The Kier molecular flexibility index (Phi) is 5.85. The molecule has 1 heterocycles. The molecule has 0 spiro atoms. The summed E-state index contributed by atoms with van der Waals surface area (Å²) in [7, 11) is 0. The van der Waals surface area contributed by atoms with Gasteiger partial charge in [-0.1, -0.05) is 13.8 Å². The van der Waals surface area contributed by atoms with Gasteiger partial charge < -0.3 is 10.2 Å². The minimum atomic E-state index is -0.263. The molecule has 0 radical (unpaired) electrons. The maximum atomic E-state index is 11.9. The van der Waals surface area contributed by atoms with Gasteiger partial charge in [-0.25, -0.2) is 0 Å². The summed E-state index contributed by atoms with van der Waals surface area (Å²) >= 11 is 1.31. The topological polar surface area (TPSA) is 66.5 Å². The van der Waals surface area contributed by atoms with Gasteiger partial charge in [-0.05, 0) is 13.3 Å². The summed E-state index contributed by atoms with van der Waals surface area (Å²) in [6.07, 6.45) is 0.869. The molecule has 6 heteroatoms. The van der Waals surface area contributed by atoms with Crippen LogP contribution >= 0.6 is 11.8 Å². The number of nitrogens with one attached hydrogen (secondary N) is 1. The fourth-order valence-electron chi connectivity index (χ4n) is 1.93. The van der Waals surface area contributed by atoms with Gasteiger partial charge in [-0.2, -0.15) is 0 Å². The molecule has 1 fully saturated rings. The first kappa shape index (κ1) is 16.0. The molecule has 0 aromatic heterocycles. The van der Waals surface area contributed by atoms with Crippen molar-refractivity contribution in [1.29, 1.82) is 0 Å². The monoisotopic (exact) mass is 286 g/mol. The molecule has 0 saturated carbocycles. The van der Waals surface area contributed by atoms with Crippen LogP contribution in [-0.4, -0.2) is 53.6 Å². The zero-order valence-electron chi connectivity index (χ0n) is 11.8. The van der Waals surface area contributed by atoms with E-state index < -0.39 is 0 Å². The van der Waals surface area contributed by atoms with Crippen LogP contribution in [0, 0.1) is 5.41 Å². The van der Waals surface area contributed by atoms with Crippen molar-refractivity contribution in [3.8, 4) is 0 Å². The normalized spacial score (nSPS) is 17.6. The molecule has 0 aliphatic carbocycles. The first-order valence-corrected chi connectivity index (χ1v) is 7.61. The number of rotatable bonds is 7. The predicted molar refractivity (Wildman–Crippen MR) is 76.0 cm³/mol. The number of hydrogen-bond donors (Lipinski definition) is 1. The number of nitrogens with zero attached hydrogens (tertiary/aromatic N) is 1. The van der Waals surface area contributed by atoms with Gasteiger partial charge >= 0.3 is 0 Å². The number of amides is 2. The highest BCUT2D eigenvalue weighted by molar-refractivity contribution is 8.00. The number of thioether (sulfide) groups is 1. The minimum Gasteiger partial charge on any atom is -0.354 e. The lowest BCUT2D eigenvalue weighted by atomic mass is 9.92. The van der Waals surface area contributed by atoms with Gasteiger partial charge in [-0.3, -0.25) is 14.4 Å². The third-order valence-corrected chi connectivity index (χ3v) is 4.19. The van der Waals surface area contributed by atoms with Crippen molar-refractivity contribution < 1.29 is 14.4 Å². The first-order valence-electron chi connectivity index (χ1n) is 6.46. The summed E-state index contributed by atoms with van der Waals surface area (Å²) in [6.45, 7) is 7.21. The number of likely N-dealkylation sites (tertiary alicyclic amines) is 1. The van der Waals surface area contributed by atoms with Gasteiger partial charge in [0, 0.05) is 25.0 Å². The van der Waals surface area contributed by atoms with Crippen molar-refractivity contribution >= 4 is 29.4 Å². The number of carbonyl (C=O) groups is 3. The number of ketones is 1. The second kappa shape index (κ2) is 6.93. The average Bonchev–Trinajstić information content (AvgIpc) is 2.55. The van der Waals surface area contributed by atoms with Crippen LogP contribution in [0.1, 0.15) is 27.2 Å². The summed E-state index contributed by atoms with van der Waals surface area (Å²) < 4.78 is 0. The lowest BCUT2D eigenvalue weighted by Crippen LogP contribution is -2.38. The molecule has 1 saturated heterocycles. The average molecular weight is 286 g/mol. The van der Waals surface area contributed by atoms with E-state index in [1.807, 2.05) is 13.8 Å². The van der Waals surface area contributed by atoms with Crippen LogP contribution in [0.3, 0.4) is 0 Å². The van der Waals surface area contributed by atoms with Crippen LogP contribution < -0.4 is 5.32 Å². The van der Waals surface area contributed by atoms with E-state index in [1.54, 1.807) is 4.90 Å². The zero-order valence-corrected chi connectivity index (χ0v) is 12.6. The van der Waals surface area contributed by atoms with E-state index in [0.29, 0.717) is 24.6 Å². The Balaban J connectivity index is 2.15. The van der Waals surface area contributed by atoms with E-state index in [9.17, 15) is 14.4 Å². The fourth-order valence-corrected chi connectivity index (χ4v) is 2.61. The zero-order chi connectivity index (χ0) is 14.5. The molecule has 108 valence electrons. The van der Waals surface area contributed by atoms with Crippen LogP contribution in [0.2, 0.25) is 0 Å². The highest BCUT2D eigenvalue weighted by Crippen LogP contribution is 2.29. The lowest BCUT2D eigenvalue weighted by Gasteiger charge is -2.19. The van der Waals surface area contributed by atoms with E-state index in [1.165, 1.54) is 18.7 Å². The third kappa shape index (κ3) is 5.22. The molecule has 1 N–H and O–H groups in total. The van der Waals surface area contributed by atoms with Crippen molar-refractivity contribution in [3.05, 3.63) is 0 Å². The number of hydrogen-bond acceptors (Lipinski definition) is 4. The van der Waals surface area contributed by atoms with Gasteiger partial charge in [0.1, 0.15) is 5.78 Å². The third-order valence-electron chi connectivity index (χ3n) is 3.12. The van der Waals surface area contributed by atoms with E-state index in [-0.39, 0.29) is 23.0 Å². The predicted octanol–water partition coefficient (Wildman–Crippen LogP) is 0.683. The minimum absolute atomic E-state index is 0.0719. The van der Waals surface area contributed by atoms with Gasteiger partial charge in [0.15, 0.2) is 0 Å². The van der Waals surface area contributed by atoms with Gasteiger partial charge in [-0.15, -0.1) is 11.8 Å². The van der Waals surface area contributed by atoms with Crippen molar-refractivity contribution in [1.82, 2.24) is 10.2 Å². The van der Waals surface area contributed by atoms with Gasteiger partial charge in [0.2, 0.25) is 11.8 Å². The van der Waals surface area contributed by atoms with E-state index in [2.05, 4.69) is 5.32 Å². The lowest BCUT2D eigenvalue weighted by molar-refractivity contribution is -0.134. The Bertz CT molecular complexity index is 369. The second-order valence-electron chi connectivity index (χ2n) is 5.47. The summed E-state index contributed by atoms with van der Waals surface area (Å²) in [5.41, 5.74) is -0.263. The second-order valence-corrected chi connectivity index (χ2v) is 6.46. The van der Waals surface area contributed by atoms with Crippen LogP contribution in [0.4, 0.5) is 0 Å². The highest BCUT2D eigenvalue weighted by atomic mass is 32.2. The van der Waals surface area contributed by atoms with Crippen LogP contribution in [-0.2, 0) is 14.4 Å². The van der Waals surface area contributed by atoms with Gasteiger partial charge in [0.25, 0.3) is 0 Å². The summed E-state index contributed by atoms with van der Waals surface area (Å²) in [5.74, 6) is 0.804. The van der Waals surface area contributed by atoms with E-state index in [4.69, 9.17) is 0 Å². The maximum Gasteiger partial charge on any atom is 0.230 e. The Morgan fingerprint density at radius 1 is 1.37 bits per heavy atom. The van der Waals surface area contributed by atoms with Crippen LogP contribution in [0.15, 0.2) is 0 Å². The quantitative estimate of drug-likeness (QED) is 0.747. The maximum absolute atomic E-state index is 11.9. The smallest absolute Gasteiger partial charge is 0.230 e. The summed E-state index contributed by atoms with van der Waals surface area (Å²) in [6, 6.07) is 0. The summed E-state index contributed by atoms with van der Waals surface area (Å²) in [4.78, 5) is 35.9. The first-order chi connectivity index (χ1) is 8.83. The van der Waals surface area contributed by atoms with Crippen LogP contribution in [0.5, 0.6) is 0 Å². The Hall–Kier alpha value is -1.04. The van der Waals surface area contributed by atoms with Gasteiger partial charge in [0.05, 0.1) is 11.5 Å². The Morgan fingerprint density at radius 2 is 2.05 bits per heavy atom.